The maximum Gasteiger partial charge on any atom is 0.490 e. The lowest BCUT2D eigenvalue weighted by molar-refractivity contribution is -0.192. The molecule has 2 aromatic carbocycles. The SMILES string of the molecule is CCN1CCN(Cc2ccc(CNC3C[C@H]4CN(Cc5ccccc5)CCN4C3)cc2)CC1.O=C(O)C(F)(F)F. The van der Waals surface area contributed by atoms with Gasteiger partial charge in [-0.25, -0.2) is 4.79 Å². The molecule has 0 saturated carbocycles. The number of hydrogen-bond acceptors (Lipinski definition) is 6. The number of rotatable bonds is 8. The fourth-order valence-electron chi connectivity index (χ4n) is 5.79. The van der Waals surface area contributed by atoms with E-state index < -0.39 is 12.1 Å². The van der Waals surface area contributed by atoms with Crippen molar-refractivity contribution in [1.29, 1.82) is 0 Å². The minimum Gasteiger partial charge on any atom is -0.475 e. The highest BCUT2D eigenvalue weighted by Crippen LogP contribution is 2.23. The van der Waals surface area contributed by atoms with Crippen LogP contribution in [0.2, 0.25) is 0 Å². The zero-order valence-electron chi connectivity index (χ0n) is 23.3. The van der Waals surface area contributed by atoms with E-state index in [0.717, 1.165) is 19.6 Å². The molecule has 2 aromatic rings. The number of carboxylic acid groups (broad SMARTS) is 1. The molecule has 3 aliphatic rings. The lowest BCUT2D eigenvalue weighted by atomic mass is 10.1. The summed E-state index contributed by atoms with van der Waals surface area (Å²) in [7, 11) is 0. The Labute approximate surface area is 235 Å². The second-order valence-electron chi connectivity index (χ2n) is 11.0. The monoisotopic (exact) mass is 561 g/mol. The molecule has 0 bridgehead atoms. The van der Waals surface area contributed by atoms with Crippen LogP contribution in [0.1, 0.15) is 30.0 Å². The van der Waals surface area contributed by atoms with Crippen molar-refractivity contribution >= 4 is 5.97 Å². The number of hydrogen-bond donors (Lipinski definition) is 2. The zero-order valence-corrected chi connectivity index (χ0v) is 23.3. The fraction of sp³-hybridized carbons (Fsp3) is 0.567. The van der Waals surface area contributed by atoms with Crippen molar-refractivity contribution in [3.8, 4) is 0 Å². The minimum absolute atomic E-state index is 0.612. The third-order valence-corrected chi connectivity index (χ3v) is 8.13. The van der Waals surface area contributed by atoms with Gasteiger partial charge in [0.2, 0.25) is 0 Å². The predicted molar refractivity (Wildman–Crippen MR) is 150 cm³/mol. The van der Waals surface area contributed by atoms with E-state index in [-0.39, 0.29) is 0 Å². The van der Waals surface area contributed by atoms with Crippen molar-refractivity contribution in [2.24, 2.45) is 0 Å². The molecule has 3 fully saturated rings. The number of alkyl halides is 3. The van der Waals surface area contributed by atoms with Crippen molar-refractivity contribution in [2.75, 3.05) is 58.9 Å². The molecule has 40 heavy (non-hydrogen) atoms. The molecule has 2 N–H and O–H groups in total. The summed E-state index contributed by atoms with van der Waals surface area (Å²) >= 11 is 0. The molecule has 0 spiro atoms. The van der Waals surface area contributed by atoms with Crippen molar-refractivity contribution in [1.82, 2.24) is 24.9 Å². The van der Waals surface area contributed by atoms with E-state index in [9.17, 15) is 13.2 Å². The third-order valence-electron chi connectivity index (χ3n) is 8.13. The number of benzene rings is 2. The number of nitrogens with zero attached hydrogens (tertiary/aromatic N) is 4. The lowest BCUT2D eigenvalue weighted by Crippen LogP contribution is -2.49. The molecule has 3 aliphatic heterocycles. The van der Waals surface area contributed by atoms with Gasteiger partial charge in [-0.15, -0.1) is 0 Å². The van der Waals surface area contributed by atoms with E-state index in [1.54, 1.807) is 0 Å². The van der Waals surface area contributed by atoms with Crippen molar-refractivity contribution in [3.05, 3.63) is 71.3 Å². The number of carbonyl (C=O) groups is 1. The Morgan fingerprint density at radius 1 is 0.825 bits per heavy atom. The Morgan fingerprint density at radius 3 is 2.00 bits per heavy atom. The highest BCUT2D eigenvalue weighted by molar-refractivity contribution is 5.73. The topological polar surface area (TPSA) is 62.3 Å². The van der Waals surface area contributed by atoms with E-state index in [0.29, 0.717) is 12.1 Å². The average Bonchev–Trinajstić information content (AvgIpc) is 3.36. The van der Waals surface area contributed by atoms with Gasteiger partial charge in [0, 0.05) is 84.1 Å². The number of piperazine rings is 2. The van der Waals surface area contributed by atoms with Crippen molar-refractivity contribution in [3.63, 3.8) is 0 Å². The summed E-state index contributed by atoms with van der Waals surface area (Å²) in [6.45, 7) is 16.2. The number of aliphatic carboxylic acids is 1. The van der Waals surface area contributed by atoms with Crippen molar-refractivity contribution in [2.45, 2.75) is 51.2 Å². The summed E-state index contributed by atoms with van der Waals surface area (Å²) in [5, 5.41) is 11.0. The molecule has 3 heterocycles. The van der Waals surface area contributed by atoms with Gasteiger partial charge in [0.25, 0.3) is 0 Å². The van der Waals surface area contributed by atoms with E-state index in [1.807, 2.05) is 0 Å². The van der Waals surface area contributed by atoms with Crippen LogP contribution in [0, 0.1) is 0 Å². The molecule has 7 nitrogen and oxygen atoms in total. The number of nitrogens with one attached hydrogen (secondary N) is 1. The molecular weight excluding hydrogens is 519 g/mol. The molecule has 2 atom stereocenters. The minimum atomic E-state index is -5.08. The summed E-state index contributed by atoms with van der Waals surface area (Å²) in [4.78, 5) is 19.4. The van der Waals surface area contributed by atoms with Crippen LogP contribution in [0.15, 0.2) is 54.6 Å². The first-order valence-corrected chi connectivity index (χ1v) is 14.3. The molecule has 0 amide bonds. The van der Waals surface area contributed by atoms with Crippen LogP contribution in [-0.2, 0) is 24.4 Å². The Kier molecular flexibility index (Phi) is 11.0. The summed E-state index contributed by atoms with van der Waals surface area (Å²) in [5.41, 5.74) is 4.29. The predicted octanol–water partition coefficient (Wildman–Crippen LogP) is 3.51. The largest absolute Gasteiger partial charge is 0.490 e. The first-order chi connectivity index (χ1) is 19.2. The Hall–Kier alpha value is -2.50. The highest BCUT2D eigenvalue weighted by atomic mass is 19.4. The zero-order chi connectivity index (χ0) is 28.5. The van der Waals surface area contributed by atoms with Crippen LogP contribution in [0.4, 0.5) is 13.2 Å². The molecule has 0 aromatic heterocycles. The normalized spacial score (nSPS) is 22.9. The molecular formula is C30H42F3N5O2. The van der Waals surface area contributed by atoms with Crippen LogP contribution < -0.4 is 5.32 Å². The lowest BCUT2D eigenvalue weighted by Gasteiger charge is -2.37. The Morgan fingerprint density at radius 2 is 1.38 bits per heavy atom. The maximum atomic E-state index is 10.6. The summed E-state index contributed by atoms with van der Waals surface area (Å²) < 4.78 is 31.7. The van der Waals surface area contributed by atoms with E-state index in [2.05, 4.69) is 86.4 Å². The first-order valence-electron chi connectivity index (χ1n) is 14.3. The van der Waals surface area contributed by atoms with Crippen molar-refractivity contribution < 1.29 is 23.1 Å². The number of likely N-dealkylation sites (N-methyl/N-ethyl adjacent to an activating group) is 1. The quantitative estimate of drug-likeness (QED) is 0.512. The van der Waals surface area contributed by atoms with Crippen LogP contribution in [-0.4, -0.2) is 108 Å². The third kappa shape index (κ3) is 9.27. The average molecular weight is 562 g/mol. The van der Waals surface area contributed by atoms with Gasteiger partial charge in [0.15, 0.2) is 0 Å². The second-order valence-corrected chi connectivity index (χ2v) is 11.0. The van der Waals surface area contributed by atoms with Crippen LogP contribution >= 0.6 is 0 Å². The van der Waals surface area contributed by atoms with E-state index >= 15 is 0 Å². The Bertz CT molecular complexity index is 1050. The maximum absolute atomic E-state index is 10.6. The van der Waals surface area contributed by atoms with Gasteiger partial charge >= 0.3 is 12.1 Å². The van der Waals surface area contributed by atoms with Gasteiger partial charge in [-0.1, -0.05) is 61.5 Å². The first kappa shape index (κ1) is 30.5. The molecule has 5 rings (SSSR count). The van der Waals surface area contributed by atoms with E-state index in [4.69, 9.17) is 9.90 Å². The molecule has 3 saturated heterocycles. The second kappa shape index (κ2) is 14.4. The van der Waals surface area contributed by atoms with Gasteiger partial charge in [-0.3, -0.25) is 14.7 Å². The number of halogens is 3. The Balaban J connectivity index is 0.000000470. The van der Waals surface area contributed by atoms with Gasteiger partial charge in [-0.2, -0.15) is 13.2 Å². The summed E-state index contributed by atoms with van der Waals surface area (Å²) in [6, 6.07) is 21.6. The van der Waals surface area contributed by atoms with Crippen LogP contribution in [0.5, 0.6) is 0 Å². The molecule has 0 radical (unpaired) electrons. The molecule has 10 heteroatoms. The highest BCUT2D eigenvalue weighted by Gasteiger charge is 2.38. The summed E-state index contributed by atoms with van der Waals surface area (Å²) in [5.74, 6) is -2.76. The van der Waals surface area contributed by atoms with Gasteiger partial charge in [0.05, 0.1) is 0 Å². The fourth-order valence-corrected chi connectivity index (χ4v) is 5.79. The molecule has 0 aliphatic carbocycles. The molecule has 220 valence electrons. The van der Waals surface area contributed by atoms with Gasteiger partial charge < -0.3 is 15.3 Å². The van der Waals surface area contributed by atoms with Gasteiger partial charge in [-0.05, 0) is 29.7 Å². The standard InChI is InChI=1S/C28H41N5.C2HF3O2/c1-2-30-12-14-31(15-13-30)20-26-10-8-24(9-11-26)19-29-27-18-28-23-32(16-17-33(28)22-27)21-25-6-4-3-5-7-25;3-2(4,5)1(6)7/h3-11,27-29H,2,12-23H2,1H3;(H,6,7)/t27?,28-;/m0./s1. The molecule has 1 unspecified atom stereocenters. The smallest absolute Gasteiger partial charge is 0.475 e. The van der Waals surface area contributed by atoms with Crippen LogP contribution in [0.25, 0.3) is 0 Å². The van der Waals surface area contributed by atoms with Crippen LogP contribution in [0.3, 0.4) is 0 Å². The van der Waals surface area contributed by atoms with Gasteiger partial charge in [0.1, 0.15) is 0 Å². The number of fused-ring (bicyclic) bond motifs is 1. The summed E-state index contributed by atoms with van der Waals surface area (Å²) in [6.07, 6.45) is -3.81. The number of carboxylic acids is 1. The van der Waals surface area contributed by atoms with E-state index in [1.165, 1.54) is 82.0 Å².